The molecule has 2 amide bonds. The SMILES string of the molecule is CCn1c(CNC(=O)c2ccc3c(c2)OCO3)nnc1SCC(=O)Nc1cc(Cl)ccc1C. The van der Waals surface area contributed by atoms with Crippen LogP contribution in [-0.2, 0) is 17.9 Å². The number of carbonyl (C=O) groups is 2. The van der Waals surface area contributed by atoms with Crippen LogP contribution in [-0.4, -0.2) is 39.1 Å². The molecule has 4 rings (SSSR count). The van der Waals surface area contributed by atoms with E-state index in [1.54, 1.807) is 30.3 Å². The number of halogens is 1. The number of benzene rings is 2. The van der Waals surface area contributed by atoms with Gasteiger partial charge in [0, 0.05) is 22.8 Å². The molecule has 2 heterocycles. The van der Waals surface area contributed by atoms with Crippen molar-refractivity contribution in [2.24, 2.45) is 0 Å². The van der Waals surface area contributed by atoms with E-state index in [9.17, 15) is 9.59 Å². The van der Waals surface area contributed by atoms with E-state index >= 15 is 0 Å². The molecule has 11 heteroatoms. The highest BCUT2D eigenvalue weighted by Crippen LogP contribution is 2.32. The van der Waals surface area contributed by atoms with Gasteiger partial charge in [-0.15, -0.1) is 10.2 Å². The maximum absolute atomic E-state index is 12.5. The molecule has 0 radical (unpaired) electrons. The molecule has 0 atom stereocenters. The summed E-state index contributed by atoms with van der Waals surface area (Å²) in [5.74, 6) is 1.49. The van der Waals surface area contributed by atoms with Crippen molar-refractivity contribution in [1.82, 2.24) is 20.1 Å². The topological polar surface area (TPSA) is 107 Å². The second-order valence-corrected chi connectivity index (χ2v) is 8.57. The van der Waals surface area contributed by atoms with Crippen molar-refractivity contribution >= 4 is 40.9 Å². The van der Waals surface area contributed by atoms with Crippen molar-refractivity contribution in [3.05, 3.63) is 58.4 Å². The fourth-order valence-electron chi connectivity index (χ4n) is 3.22. The van der Waals surface area contributed by atoms with Gasteiger partial charge in [0.2, 0.25) is 12.7 Å². The summed E-state index contributed by atoms with van der Waals surface area (Å²) in [6, 6.07) is 10.4. The second-order valence-electron chi connectivity index (χ2n) is 7.19. The van der Waals surface area contributed by atoms with E-state index < -0.39 is 0 Å². The lowest BCUT2D eigenvalue weighted by Crippen LogP contribution is -2.24. The molecule has 2 N–H and O–H groups in total. The number of fused-ring (bicyclic) bond motifs is 1. The zero-order chi connectivity index (χ0) is 23.4. The number of carbonyl (C=O) groups excluding carboxylic acids is 2. The summed E-state index contributed by atoms with van der Waals surface area (Å²) in [5.41, 5.74) is 2.07. The third-order valence-electron chi connectivity index (χ3n) is 4.96. The van der Waals surface area contributed by atoms with E-state index in [-0.39, 0.29) is 30.9 Å². The monoisotopic (exact) mass is 487 g/mol. The number of hydrogen-bond acceptors (Lipinski definition) is 7. The number of aryl methyl sites for hydroxylation is 1. The van der Waals surface area contributed by atoms with Crippen LogP contribution in [0.25, 0.3) is 0 Å². The number of aromatic nitrogens is 3. The minimum absolute atomic E-state index is 0.150. The molecule has 2 aromatic carbocycles. The van der Waals surface area contributed by atoms with E-state index in [1.807, 2.05) is 24.5 Å². The van der Waals surface area contributed by atoms with Crippen LogP contribution in [0.2, 0.25) is 5.02 Å². The number of nitrogens with one attached hydrogen (secondary N) is 2. The van der Waals surface area contributed by atoms with Gasteiger partial charge in [-0.05, 0) is 49.7 Å². The summed E-state index contributed by atoms with van der Waals surface area (Å²) in [7, 11) is 0. The average Bonchev–Trinajstić information content (AvgIpc) is 3.44. The number of ether oxygens (including phenoxy) is 2. The molecule has 0 spiro atoms. The molecular formula is C22H22ClN5O4S. The van der Waals surface area contributed by atoms with E-state index in [2.05, 4.69) is 20.8 Å². The van der Waals surface area contributed by atoms with E-state index in [0.717, 1.165) is 5.56 Å². The predicted octanol–water partition coefficient (Wildman–Crippen LogP) is 3.65. The maximum atomic E-state index is 12.5. The molecule has 3 aromatic rings. The van der Waals surface area contributed by atoms with Crippen molar-refractivity contribution in [3.8, 4) is 11.5 Å². The lowest BCUT2D eigenvalue weighted by Gasteiger charge is -2.10. The molecule has 1 aliphatic rings. The Morgan fingerprint density at radius 2 is 1.97 bits per heavy atom. The fraction of sp³-hybridized carbons (Fsp3) is 0.273. The number of thioether (sulfide) groups is 1. The minimum Gasteiger partial charge on any atom is -0.454 e. The van der Waals surface area contributed by atoms with Crippen molar-refractivity contribution in [1.29, 1.82) is 0 Å². The van der Waals surface area contributed by atoms with Crippen LogP contribution in [0.3, 0.4) is 0 Å². The summed E-state index contributed by atoms with van der Waals surface area (Å²) >= 11 is 7.29. The molecule has 33 heavy (non-hydrogen) atoms. The van der Waals surface area contributed by atoms with Crippen LogP contribution in [0.4, 0.5) is 5.69 Å². The Hall–Kier alpha value is -3.24. The smallest absolute Gasteiger partial charge is 0.251 e. The second kappa shape index (κ2) is 10.1. The molecule has 9 nitrogen and oxygen atoms in total. The van der Waals surface area contributed by atoms with Gasteiger partial charge in [-0.1, -0.05) is 29.4 Å². The Balaban J connectivity index is 1.34. The average molecular weight is 488 g/mol. The first-order valence-electron chi connectivity index (χ1n) is 10.2. The van der Waals surface area contributed by atoms with Crippen molar-refractivity contribution in [3.63, 3.8) is 0 Å². The summed E-state index contributed by atoms with van der Waals surface area (Å²) in [5, 5.41) is 15.2. The van der Waals surface area contributed by atoms with Gasteiger partial charge in [-0.25, -0.2) is 0 Å². The van der Waals surface area contributed by atoms with Gasteiger partial charge in [0.1, 0.15) is 0 Å². The van der Waals surface area contributed by atoms with Gasteiger partial charge >= 0.3 is 0 Å². The zero-order valence-corrected chi connectivity index (χ0v) is 19.6. The largest absolute Gasteiger partial charge is 0.454 e. The van der Waals surface area contributed by atoms with E-state index in [1.165, 1.54) is 11.8 Å². The highest BCUT2D eigenvalue weighted by Gasteiger charge is 2.18. The normalized spacial score (nSPS) is 12.0. The molecule has 0 aliphatic carbocycles. The predicted molar refractivity (Wildman–Crippen MR) is 125 cm³/mol. The maximum Gasteiger partial charge on any atom is 0.251 e. The Bertz CT molecular complexity index is 1200. The Morgan fingerprint density at radius 3 is 2.79 bits per heavy atom. The first kappa shape index (κ1) is 22.9. The Kier molecular flexibility index (Phi) is 7.05. The van der Waals surface area contributed by atoms with Crippen LogP contribution in [0, 0.1) is 6.92 Å². The first-order chi connectivity index (χ1) is 15.9. The first-order valence-corrected chi connectivity index (χ1v) is 11.6. The van der Waals surface area contributed by atoms with Crippen LogP contribution in [0.15, 0.2) is 41.6 Å². The highest BCUT2D eigenvalue weighted by molar-refractivity contribution is 7.99. The van der Waals surface area contributed by atoms with E-state index in [4.69, 9.17) is 21.1 Å². The van der Waals surface area contributed by atoms with Gasteiger partial charge < -0.3 is 24.7 Å². The summed E-state index contributed by atoms with van der Waals surface area (Å²) in [4.78, 5) is 24.9. The van der Waals surface area contributed by atoms with Crippen molar-refractivity contribution < 1.29 is 19.1 Å². The van der Waals surface area contributed by atoms with Gasteiger partial charge in [-0.2, -0.15) is 0 Å². The standard InChI is InChI=1S/C22H22ClN5O4S/c1-3-28-19(10-24-21(30)14-5-7-17-18(8-14)32-12-31-17)26-27-22(28)33-11-20(29)25-16-9-15(23)6-4-13(16)2/h4-9H,3,10-12H2,1-2H3,(H,24,30)(H,25,29). The Morgan fingerprint density at radius 1 is 1.15 bits per heavy atom. The van der Waals surface area contributed by atoms with Gasteiger partial charge in [-0.3, -0.25) is 9.59 Å². The number of amides is 2. The lowest BCUT2D eigenvalue weighted by molar-refractivity contribution is -0.113. The lowest BCUT2D eigenvalue weighted by atomic mass is 10.2. The molecule has 1 aliphatic heterocycles. The van der Waals surface area contributed by atoms with Crippen LogP contribution in [0.1, 0.15) is 28.7 Å². The quantitative estimate of drug-likeness (QED) is 0.467. The van der Waals surface area contributed by atoms with Crippen LogP contribution < -0.4 is 20.1 Å². The third-order valence-corrected chi connectivity index (χ3v) is 6.16. The minimum atomic E-state index is -0.260. The number of rotatable bonds is 8. The van der Waals surface area contributed by atoms with Gasteiger partial charge in [0.25, 0.3) is 5.91 Å². The molecule has 172 valence electrons. The summed E-state index contributed by atoms with van der Waals surface area (Å²) in [6.07, 6.45) is 0. The number of nitrogens with zero attached hydrogens (tertiary/aromatic N) is 3. The molecule has 1 aromatic heterocycles. The zero-order valence-electron chi connectivity index (χ0n) is 18.1. The summed E-state index contributed by atoms with van der Waals surface area (Å²) < 4.78 is 12.4. The molecule has 0 unspecified atom stereocenters. The third kappa shape index (κ3) is 5.40. The molecule has 0 saturated heterocycles. The van der Waals surface area contributed by atoms with E-state index in [0.29, 0.717) is 45.3 Å². The highest BCUT2D eigenvalue weighted by atomic mass is 35.5. The van der Waals surface area contributed by atoms with Gasteiger partial charge in [0.05, 0.1) is 12.3 Å². The van der Waals surface area contributed by atoms with Gasteiger partial charge in [0.15, 0.2) is 22.5 Å². The van der Waals surface area contributed by atoms with Crippen LogP contribution in [0.5, 0.6) is 11.5 Å². The fourth-order valence-corrected chi connectivity index (χ4v) is 4.21. The van der Waals surface area contributed by atoms with Crippen molar-refractivity contribution in [2.45, 2.75) is 32.1 Å². The molecule has 0 fully saturated rings. The summed E-state index contributed by atoms with van der Waals surface area (Å²) in [6.45, 7) is 4.79. The van der Waals surface area contributed by atoms with Crippen LogP contribution >= 0.6 is 23.4 Å². The molecule has 0 bridgehead atoms. The number of anilines is 1. The number of hydrogen-bond donors (Lipinski definition) is 2. The molecular weight excluding hydrogens is 466 g/mol. The Labute approximate surface area is 199 Å². The molecule has 0 saturated carbocycles. The van der Waals surface area contributed by atoms with Crippen molar-refractivity contribution in [2.75, 3.05) is 17.9 Å².